The predicted octanol–water partition coefficient (Wildman–Crippen LogP) is 2.55. The van der Waals surface area contributed by atoms with Gasteiger partial charge in [-0.3, -0.25) is 9.59 Å². The number of thioether (sulfide) groups is 1. The number of carbonyl (C=O) groups is 3. The SMILES string of the molecule is CO[C@@H]1[C@H](OC(=O)N[C@@H](COC(=O)CNC(=O)[C@@H](N)CCSC)C(C)C)CC[C@]2(CO2)[C@H]1[C@]1(C)O[C@@H]1CC=C(C)C. The maximum absolute atomic E-state index is 13.0. The number of alkyl carbamates (subject to hydrolysis) is 1. The van der Waals surface area contributed by atoms with Crippen molar-refractivity contribution >= 4 is 29.7 Å². The molecule has 1 aliphatic carbocycles. The monoisotopic (exact) mass is 599 g/mol. The van der Waals surface area contributed by atoms with E-state index in [9.17, 15) is 14.4 Å². The smallest absolute Gasteiger partial charge is 0.407 e. The van der Waals surface area contributed by atoms with E-state index in [-0.39, 0.29) is 42.8 Å². The van der Waals surface area contributed by atoms with Crippen molar-refractivity contribution in [3.63, 3.8) is 0 Å². The predicted molar refractivity (Wildman–Crippen MR) is 157 cm³/mol. The van der Waals surface area contributed by atoms with E-state index in [4.69, 9.17) is 29.4 Å². The van der Waals surface area contributed by atoms with Crippen LogP contribution in [-0.2, 0) is 33.3 Å². The molecule has 0 aromatic rings. The highest BCUT2D eigenvalue weighted by molar-refractivity contribution is 7.98. The van der Waals surface area contributed by atoms with Crippen LogP contribution in [-0.4, -0.2) is 98.4 Å². The summed E-state index contributed by atoms with van der Waals surface area (Å²) in [4.78, 5) is 37.3. The summed E-state index contributed by atoms with van der Waals surface area (Å²) in [6, 6.07) is -1.16. The molecule has 8 atom stereocenters. The first-order chi connectivity index (χ1) is 19.4. The Labute approximate surface area is 248 Å². The number of esters is 1. The lowest BCUT2D eigenvalue weighted by molar-refractivity contribution is -0.145. The summed E-state index contributed by atoms with van der Waals surface area (Å²) in [6.07, 6.45) is 5.39. The molecule has 0 radical (unpaired) electrons. The Morgan fingerprint density at radius 1 is 1.24 bits per heavy atom. The number of nitrogens with two attached hydrogens (primary N) is 1. The maximum Gasteiger partial charge on any atom is 0.407 e. The number of hydrogen-bond acceptors (Lipinski definition) is 10. The van der Waals surface area contributed by atoms with E-state index in [1.807, 2.05) is 20.1 Å². The second kappa shape index (κ2) is 14.5. The Morgan fingerprint density at radius 2 is 1.95 bits per heavy atom. The molecule has 2 heterocycles. The normalized spacial score (nSPS) is 31.6. The van der Waals surface area contributed by atoms with E-state index in [0.29, 0.717) is 19.4 Å². The van der Waals surface area contributed by atoms with Crippen LogP contribution in [0.5, 0.6) is 0 Å². The number of epoxide rings is 2. The Balaban J connectivity index is 1.52. The fraction of sp³-hybridized carbons (Fsp3) is 0.828. The molecule has 0 unspecified atom stereocenters. The van der Waals surface area contributed by atoms with Crippen LogP contribution in [0.15, 0.2) is 11.6 Å². The van der Waals surface area contributed by atoms with Gasteiger partial charge in [-0.25, -0.2) is 4.79 Å². The van der Waals surface area contributed by atoms with E-state index >= 15 is 0 Å². The summed E-state index contributed by atoms with van der Waals surface area (Å²) >= 11 is 1.60. The molecule has 4 N–H and O–H groups in total. The number of amides is 2. The molecule has 2 aliphatic heterocycles. The second-order valence-electron chi connectivity index (χ2n) is 12.1. The highest BCUT2D eigenvalue weighted by atomic mass is 32.2. The average molecular weight is 600 g/mol. The van der Waals surface area contributed by atoms with Gasteiger partial charge >= 0.3 is 12.1 Å². The van der Waals surface area contributed by atoms with Crippen LogP contribution >= 0.6 is 11.8 Å². The van der Waals surface area contributed by atoms with Crippen LogP contribution in [0, 0.1) is 11.8 Å². The fourth-order valence-electron chi connectivity index (χ4n) is 5.69. The summed E-state index contributed by atoms with van der Waals surface area (Å²) in [5, 5.41) is 5.35. The lowest BCUT2D eigenvalue weighted by Crippen LogP contribution is -2.56. The van der Waals surface area contributed by atoms with Gasteiger partial charge in [0.05, 0.1) is 30.7 Å². The van der Waals surface area contributed by atoms with Crippen molar-refractivity contribution in [3.05, 3.63) is 11.6 Å². The molecule has 1 saturated carbocycles. The first-order valence-corrected chi connectivity index (χ1v) is 15.9. The van der Waals surface area contributed by atoms with Crippen LogP contribution in [0.3, 0.4) is 0 Å². The van der Waals surface area contributed by atoms with E-state index in [0.717, 1.165) is 18.6 Å². The zero-order valence-corrected chi connectivity index (χ0v) is 26.3. The molecule has 0 bridgehead atoms. The number of hydrogen-bond donors (Lipinski definition) is 3. The third kappa shape index (κ3) is 8.82. The molecule has 2 amide bonds. The van der Waals surface area contributed by atoms with E-state index in [1.165, 1.54) is 5.57 Å². The van der Waals surface area contributed by atoms with Crippen molar-refractivity contribution < 1.29 is 38.1 Å². The van der Waals surface area contributed by atoms with Gasteiger partial charge in [-0.15, -0.1) is 0 Å². The molecule has 0 aromatic carbocycles. The minimum atomic E-state index is -0.677. The number of allylic oxidation sites excluding steroid dienone is 1. The standard InChI is InChI=1S/C29H49N3O8S/c1-17(2)8-9-22-28(5,40-22)25-24(36-6)21(10-12-29(25)16-38-29)39-27(35)32-20(18(3)4)15-37-23(33)14-31-26(34)19(30)11-13-41-7/h8,18-22,24-25H,9-16,30H2,1-7H3,(H,31,34)(H,32,35)/t19-,20-,21+,22+,24+,25+,28+,29-/m0/s1. The zero-order chi connectivity index (χ0) is 30.4. The van der Waals surface area contributed by atoms with Crippen LogP contribution in [0.1, 0.15) is 60.3 Å². The number of ether oxygens (including phenoxy) is 5. The van der Waals surface area contributed by atoms with Gasteiger partial charge in [-0.05, 0) is 64.4 Å². The van der Waals surface area contributed by atoms with Crippen LogP contribution < -0.4 is 16.4 Å². The van der Waals surface area contributed by atoms with Gasteiger partial charge < -0.3 is 40.1 Å². The van der Waals surface area contributed by atoms with Gasteiger partial charge in [-0.1, -0.05) is 25.5 Å². The maximum atomic E-state index is 13.0. The van der Waals surface area contributed by atoms with Crippen LogP contribution in [0.25, 0.3) is 0 Å². The lowest BCUT2D eigenvalue weighted by Gasteiger charge is -2.42. The average Bonchev–Trinajstić information content (AvgIpc) is 3.84. The van der Waals surface area contributed by atoms with E-state index in [2.05, 4.69) is 37.5 Å². The van der Waals surface area contributed by atoms with Crippen molar-refractivity contribution in [3.8, 4) is 0 Å². The summed E-state index contributed by atoms with van der Waals surface area (Å²) in [5.41, 5.74) is 6.33. The van der Waals surface area contributed by atoms with Gasteiger partial charge in [-0.2, -0.15) is 11.8 Å². The highest BCUT2D eigenvalue weighted by Gasteiger charge is 2.72. The molecule has 234 valence electrons. The van der Waals surface area contributed by atoms with Crippen LogP contribution in [0.4, 0.5) is 4.79 Å². The third-order valence-corrected chi connectivity index (χ3v) is 9.05. The Hall–Kier alpha value is -1.86. The van der Waals surface area contributed by atoms with Gasteiger partial charge in [0, 0.05) is 7.11 Å². The Bertz CT molecular complexity index is 954. The molecule has 11 nitrogen and oxygen atoms in total. The third-order valence-electron chi connectivity index (χ3n) is 8.40. The minimum absolute atomic E-state index is 0.0417. The van der Waals surface area contributed by atoms with Gasteiger partial charge in [0.2, 0.25) is 5.91 Å². The molecular weight excluding hydrogens is 550 g/mol. The molecular formula is C29H49N3O8S. The molecule has 12 heteroatoms. The van der Waals surface area contributed by atoms with Crippen molar-refractivity contribution in [2.24, 2.45) is 17.6 Å². The Morgan fingerprint density at radius 3 is 2.54 bits per heavy atom. The number of carbonyl (C=O) groups excluding carboxylic acids is 3. The van der Waals surface area contributed by atoms with Crippen molar-refractivity contribution in [2.45, 2.75) is 102 Å². The molecule has 3 fully saturated rings. The summed E-state index contributed by atoms with van der Waals surface area (Å²) in [7, 11) is 1.63. The fourth-order valence-corrected chi connectivity index (χ4v) is 6.18. The van der Waals surface area contributed by atoms with E-state index < -0.39 is 41.8 Å². The summed E-state index contributed by atoms with van der Waals surface area (Å²) in [5.74, 6) is -0.375. The van der Waals surface area contributed by atoms with Crippen molar-refractivity contribution in [2.75, 3.05) is 38.9 Å². The topological polar surface area (TPSA) is 154 Å². The molecule has 3 aliphatic rings. The first-order valence-electron chi connectivity index (χ1n) is 14.5. The van der Waals surface area contributed by atoms with E-state index in [1.54, 1.807) is 18.9 Å². The van der Waals surface area contributed by atoms with Gasteiger partial charge in [0.15, 0.2) is 0 Å². The van der Waals surface area contributed by atoms with Crippen molar-refractivity contribution in [1.29, 1.82) is 0 Å². The lowest BCUT2D eigenvalue weighted by atomic mass is 9.68. The summed E-state index contributed by atoms with van der Waals surface area (Å²) in [6.45, 7) is 10.4. The van der Waals surface area contributed by atoms with Crippen molar-refractivity contribution in [1.82, 2.24) is 10.6 Å². The van der Waals surface area contributed by atoms with Gasteiger partial charge in [0.25, 0.3) is 0 Å². The highest BCUT2D eigenvalue weighted by Crippen LogP contribution is 2.59. The second-order valence-corrected chi connectivity index (χ2v) is 13.1. The quantitative estimate of drug-likeness (QED) is 0.145. The van der Waals surface area contributed by atoms with Crippen LogP contribution in [0.2, 0.25) is 0 Å². The largest absolute Gasteiger partial charge is 0.462 e. The Kier molecular flexibility index (Phi) is 11.9. The number of nitrogens with one attached hydrogen (secondary N) is 2. The van der Waals surface area contributed by atoms with Gasteiger partial charge in [0.1, 0.15) is 36.6 Å². The summed E-state index contributed by atoms with van der Waals surface area (Å²) < 4.78 is 29.4. The first kappa shape index (κ1) is 33.6. The minimum Gasteiger partial charge on any atom is -0.462 e. The molecule has 0 aromatic heterocycles. The number of methoxy groups -OCH3 is 1. The molecule has 2 saturated heterocycles. The molecule has 1 spiro atoms. The molecule has 3 rings (SSSR count). The number of rotatable bonds is 15. The molecule has 41 heavy (non-hydrogen) atoms. The zero-order valence-electron chi connectivity index (χ0n) is 25.5.